The molecule has 0 amide bonds. The lowest BCUT2D eigenvalue weighted by atomic mass is 10.1. The Morgan fingerprint density at radius 2 is 2.14 bits per heavy atom. The molecule has 0 aliphatic heterocycles. The van der Waals surface area contributed by atoms with Gasteiger partial charge in [-0.25, -0.2) is 19.9 Å². The number of aromatic nitrogens is 5. The molecule has 28 heavy (non-hydrogen) atoms. The highest BCUT2D eigenvalue weighted by Crippen LogP contribution is 2.31. The predicted molar refractivity (Wildman–Crippen MR) is 107 cm³/mol. The van der Waals surface area contributed by atoms with Crippen LogP contribution in [0.5, 0.6) is 0 Å². The van der Waals surface area contributed by atoms with E-state index in [1.807, 2.05) is 25.1 Å². The first-order chi connectivity index (χ1) is 13.5. The highest BCUT2D eigenvalue weighted by Gasteiger charge is 2.17. The Kier molecular flexibility index (Phi) is 4.66. The van der Waals surface area contributed by atoms with Gasteiger partial charge in [0.2, 0.25) is 0 Å². The standard InChI is InChI=1S/C18H16ClN7O2/c1-9(25-18-15-17(22-7-21-15)23-8-24-18)11-5-10-3-2-4-12(19)14(10)26-16(11)20-6-13(27)28/h2-5,7-9H,6H2,1H3,(H,20,26)(H,27,28)(H2,21,22,23,24,25)/t9-/m0/s1. The zero-order chi connectivity index (χ0) is 19.7. The minimum absolute atomic E-state index is 0.242. The summed E-state index contributed by atoms with van der Waals surface area (Å²) >= 11 is 6.26. The SMILES string of the molecule is C[C@H](Nc1ncnc2nc[nH]c12)c1cc2cccc(Cl)c2nc1NCC(=O)O. The highest BCUT2D eigenvalue weighted by atomic mass is 35.5. The molecule has 0 bridgehead atoms. The Morgan fingerprint density at radius 1 is 1.29 bits per heavy atom. The second-order valence-electron chi connectivity index (χ2n) is 6.17. The van der Waals surface area contributed by atoms with Crippen LogP contribution < -0.4 is 10.6 Å². The van der Waals surface area contributed by atoms with Crippen LogP contribution in [-0.2, 0) is 4.79 Å². The number of rotatable bonds is 6. The number of pyridine rings is 1. The molecule has 4 aromatic rings. The van der Waals surface area contributed by atoms with Crippen LogP contribution in [-0.4, -0.2) is 42.5 Å². The van der Waals surface area contributed by atoms with E-state index in [0.717, 1.165) is 10.9 Å². The number of carbonyl (C=O) groups is 1. The number of aliphatic carboxylic acids is 1. The Hall–Kier alpha value is -3.46. The molecular weight excluding hydrogens is 382 g/mol. The number of H-pyrrole nitrogens is 1. The molecule has 0 aliphatic carbocycles. The van der Waals surface area contributed by atoms with Gasteiger partial charge >= 0.3 is 5.97 Å². The summed E-state index contributed by atoms with van der Waals surface area (Å²) in [4.78, 5) is 31.1. The van der Waals surface area contributed by atoms with Gasteiger partial charge in [0.15, 0.2) is 11.5 Å². The summed E-state index contributed by atoms with van der Waals surface area (Å²) in [6.45, 7) is 1.67. The van der Waals surface area contributed by atoms with Crippen LogP contribution in [0.2, 0.25) is 5.02 Å². The van der Waals surface area contributed by atoms with Gasteiger partial charge < -0.3 is 20.7 Å². The van der Waals surface area contributed by atoms with Crippen molar-refractivity contribution in [2.45, 2.75) is 13.0 Å². The smallest absolute Gasteiger partial charge is 0.322 e. The Bertz CT molecular complexity index is 1180. The fourth-order valence-electron chi connectivity index (χ4n) is 2.97. The third kappa shape index (κ3) is 3.39. The lowest BCUT2D eigenvalue weighted by molar-refractivity contribution is -0.134. The lowest BCUT2D eigenvalue weighted by Crippen LogP contribution is -2.17. The zero-order valence-corrected chi connectivity index (χ0v) is 15.5. The normalized spacial score (nSPS) is 12.2. The number of halogens is 1. The molecule has 4 rings (SSSR count). The van der Waals surface area contributed by atoms with E-state index in [1.54, 1.807) is 12.4 Å². The maximum absolute atomic E-state index is 11.0. The molecule has 0 spiro atoms. The molecule has 0 saturated carbocycles. The first kappa shape index (κ1) is 17.9. The van der Waals surface area contributed by atoms with E-state index in [2.05, 4.69) is 35.6 Å². The molecule has 0 radical (unpaired) electrons. The summed E-state index contributed by atoms with van der Waals surface area (Å²) in [5.74, 6) is 0.0471. The summed E-state index contributed by atoms with van der Waals surface area (Å²) in [6.07, 6.45) is 2.98. The Morgan fingerprint density at radius 3 is 2.96 bits per heavy atom. The summed E-state index contributed by atoms with van der Waals surface area (Å²) in [7, 11) is 0. The zero-order valence-electron chi connectivity index (χ0n) is 14.8. The molecule has 9 nitrogen and oxygen atoms in total. The van der Waals surface area contributed by atoms with Crippen molar-refractivity contribution in [2.75, 3.05) is 17.2 Å². The molecule has 4 N–H and O–H groups in total. The quantitative estimate of drug-likeness (QED) is 0.390. The van der Waals surface area contributed by atoms with Crippen molar-refractivity contribution in [2.24, 2.45) is 0 Å². The van der Waals surface area contributed by atoms with Crippen LogP contribution in [0, 0.1) is 0 Å². The third-order valence-electron chi connectivity index (χ3n) is 4.28. The van der Waals surface area contributed by atoms with E-state index in [4.69, 9.17) is 16.7 Å². The maximum atomic E-state index is 11.0. The van der Waals surface area contributed by atoms with Crippen molar-refractivity contribution in [3.05, 3.63) is 47.5 Å². The number of anilines is 2. The van der Waals surface area contributed by atoms with Crippen molar-refractivity contribution < 1.29 is 9.90 Å². The van der Waals surface area contributed by atoms with Crippen LogP contribution in [0.4, 0.5) is 11.6 Å². The number of para-hydroxylation sites is 1. The molecule has 0 aliphatic rings. The van der Waals surface area contributed by atoms with Crippen LogP contribution in [0.1, 0.15) is 18.5 Å². The van der Waals surface area contributed by atoms with Crippen LogP contribution in [0.3, 0.4) is 0 Å². The van der Waals surface area contributed by atoms with Crippen molar-refractivity contribution >= 4 is 51.3 Å². The van der Waals surface area contributed by atoms with Gasteiger partial charge in [-0.3, -0.25) is 4.79 Å². The molecule has 0 fully saturated rings. The van der Waals surface area contributed by atoms with Crippen LogP contribution in [0.25, 0.3) is 22.1 Å². The van der Waals surface area contributed by atoms with Gasteiger partial charge in [-0.05, 0) is 19.1 Å². The second kappa shape index (κ2) is 7.28. The fraction of sp³-hybridized carbons (Fsp3) is 0.167. The molecule has 1 atom stereocenters. The molecule has 10 heteroatoms. The Balaban J connectivity index is 1.75. The average Bonchev–Trinajstić information content (AvgIpc) is 3.16. The molecule has 3 heterocycles. The summed E-state index contributed by atoms with van der Waals surface area (Å²) in [5.41, 5.74) is 2.62. The Labute approximate surface area is 164 Å². The number of hydrogen-bond acceptors (Lipinski definition) is 7. The second-order valence-corrected chi connectivity index (χ2v) is 6.58. The first-order valence-electron chi connectivity index (χ1n) is 8.48. The van der Waals surface area contributed by atoms with Crippen molar-refractivity contribution in [3.8, 4) is 0 Å². The van der Waals surface area contributed by atoms with Gasteiger partial charge in [0.25, 0.3) is 0 Å². The summed E-state index contributed by atoms with van der Waals surface area (Å²) in [5, 5.41) is 16.6. The molecule has 3 aromatic heterocycles. The van der Waals surface area contributed by atoms with E-state index < -0.39 is 5.97 Å². The summed E-state index contributed by atoms with van der Waals surface area (Å²) in [6, 6.07) is 7.19. The average molecular weight is 398 g/mol. The van der Waals surface area contributed by atoms with E-state index in [9.17, 15) is 4.79 Å². The van der Waals surface area contributed by atoms with Crippen molar-refractivity contribution in [1.29, 1.82) is 0 Å². The number of benzene rings is 1. The van der Waals surface area contributed by atoms with Gasteiger partial charge in [0.1, 0.15) is 24.2 Å². The van der Waals surface area contributed by atoms with E-state index >= 15 is 0 Å². The number of fused-ring (bicyclic) bond motifs is 2. The predicted octanol–water partition coefficient (Wildman–Crippen LogP) is 3.22. The number of nitrogens with one attached hydrogen (secondary N) is 3. The van der Waals surface area contributed by atoms with Crippen molar-refractivity contribution in [1.82, 2.24) is 24.9 Å². The lowest BCUT2D eigenvalue weighted by Gasteiger charge is -2.19. The topological polar surface area (TPSA) is 129 Å². The number of nitrogens with zero attached hydrogens (tertiary/aromatic N) is 4. The fourth-order valence-corrected chi connectivity index (χ4v) is 3.19. The molecule has 0 unspecified atom stereocenters. The summed E-state index contributed by atoms with van der Waals surface area (Å²) < 4.78 is 0. The molecule has 142 valence electrons. The largest absolute Gasteiger partial charge is 0.480 e. The third-order valence-corrected chi connectivity index (χ3v) is 4.58. The van der Waals surface area contributed by atoms with Gasteiger partial charge in [-0.15, -0.1) is 0 Å². The number of imidazole rings is 1. The highest BCUT2D eigenvalue weighted by molar-refractivity contribution is 6.35. The number of hydrogen-bond donors (Lipinski definition) is 4. The molecular formula is C18H16ClN7O2. The van der Waals surface area contributed by atoms with Gasteiger partial charge in [0, 0.05) is 10.9 Å². The minimum Gasteiger partial charge on any atom is -0.480 e. The van der Waals surface area contributed by atoms with E-state index in [1.165, 1.54) is 6.33 Å². The van der Waals surface area contributed by atoms with E-state index in [-0.39, 0.29) is 12.6 Å². The minimum atomic E-state index is -0.984. The molecule has 1 aromatic carbocycles. The maximum Gasteiger partial charge on any atom is 0.322 e. The first-order valence-corrected chi connectivity index (χ1v) is 8.86. The number of aromatic amines is 1. The van der Waals surface area contributed by atoms with Crippen molar-refractivity contribution in [3.63, 3.8) is 0 Å². The van der Waals surface area contributed by atoms with E-state index in [0.29, 0.717) is 33.3 Å². The van der Waals surface area contributed by atoms with Crippen LogP contribution in [0.15, 0.2) is 36.9 Å². The number of carboxylic acids is 1. The van der Waals surface area contributed by atoms with Gasteiger partial charge in [-0.2, -0.15) is 0 Å². The van der Waals surface area contributed by atoms with Gasteiger partial charge in [0.05, 0.1) is 22.9 Å². The molecule has 0 saturated heterocycles. The monoisotopic (exact) mass is 397 g/mol. The van der Waals surface area contributed by atoms with Crippen LogP contribution >= 0.6 is 11.6 Å². The number of carboxylic acid groups (broad SMARTS) is 1. The van der Waals surface area contributed by atoms with Gasteiger partial charge in [-0.1, -0.05) is 23.7 Å².